The Morgan fingerprint density at radius 1 is 1.50 bits per heavy atom. The Morgan fingerprint density at radius 2 is 2.29 bits per heavy atom. The van der Waals surface area contributed by atoms with Gasteiger partial charge >= 0.3 is 0 Å². The monoisotopic (exact) mass is 192 g/mol. The quantitative estimate of drug-likeness (QED) is 0.754. The fourth-order valence-corrected chi connectivity index (χ4v) is 1.14. The van der Waals surface area contributed by atoms with E-state index in [-0.39, 0.29) is 6.10 Å². The topological polar surface area (TPSA) is 66.0 Å². The molecule has 0 saturated heterocycles. The molecule has 0 aliphatic rings. The molecule has 0 radical (unpaired) electrons. The van der Waals surface area contributed by atoms with Crippen LogP contribution in [0.25, 0.3) is 11.0 Å². The third-order valence-electron chi connectivity index (χ3n) is 1.93. The maximum absolute atomic E-state index is 5.45. The molecule has 1 aromatic heterocycles. The Labute approximate surface area is 81.4 Å². The van der Waals surface area contributed by atoms with Crippen LogP contribution in [0.2, 0.25) is 0 Å². The van der Waals surface area contributed by atoms with Gasteiger partial charge in [0.2, 0.25) is 0 Å². The van der Waals surface area contributed by atoms with Crippen molar-refractivity contribution < 1.29 is 4.84 Å². The van der Waals surface area contributed by atoms with Crippen LogP contribution in [0, 0.1) is 0 Å². The number of nitrogens with zero attached hydrogens (tertiary/aromatic N) is 3. The predicted molar refractivity (Wildman–Crippen MR) is 52.6 cm³/mol. The van der Waals surface area contributed by atoms with Crippen LogP contribution >= 0.6 is 0 Å². The van der Waals surface area contributed by atoms with Crippen molar-refractivity contribution in [2.75, 3.05) is 6.54 Å². The zero-order chi connectivity index (χ0) is 9.97. The number of hydrogen-bond acceptors (Lipinski definition) is 4. The number of rotatable bonds is 3. The highest BCUT2D eigenvalue weighted by atomic mass is 16.7. The summed E-state index contributed by atoms with van der Waals surface area (Å²) in [6.07, 6.45) is -0.0693. The molecule has 0 bridgehead atoms. The summed E-state index contributed by atoms with van der Waals surface area (Å²) in [5, 5.41) is 7.83. The second-order valence-corrected chi connectivity index (χ2v) is 3.10. The van der Waals surface area contributed by atoms with Gasteiger partial charge in [-0.2, -0.15) is 0 Å². The molecule has 14 heavy (non-hydrogen) atoms. The van der Waals surface area contributed by atoms with Crippen LogP contribution in [0.4, 0.5) is 0 Å². The lowest BCUT2D eigenvalue weighted by Crippen LogP contribution is -2.30. The summed E-state index contributed by atoms with van der Waals surface area (Å²) in [5.74, 6) is 0. The molecule has 1 atom stereocenters. The van der Waals surface area contributed by atoms with Gasteiger partial charge in [-0.15, -0.1) is 5.10 Å². The summed E-state index contributed by atoms with van der Waals surface area (Å²) in [6.45, 7) is 2.34. The predicted octanol–water partition coefficient (Wildman–Crippen LogP) is 0.207. The van der Waals surface area contributed by atoms with E-state index >= 15 is 0 Å². The first-order valence-electron chi connectivity index (χ1n) is 4.49. The van der Waals surface area contributed by atoms with E-state index in [1.165, 1.54) is 4.85 Å². The fraction of sp³-hybridized carbons (Fsp3) is 0.333. The smallest absolute Gasteiger partial charge is 0.136 e. The van der Waals surface area contributed by atoms with Gasteiger partial charge in [0.15, 0.2) is 0 Å². The van der Waals surface area contributed by atoms with Gasteiger partial charge < -0.3 is 10.6 Å². The van der Waals surface area contributed by atoms with Crippen molar-refractivity contribution in [1.82, 2.24) is 15.2 Å². The van der Waals surface area contributed by atoms with Crippen LogP contribution in [-0.4, -0.2) is 27.8 Å². The highest BCUT2D eigenvalue weighted by molar-refractivity contribution is 5.73. The SMILES string of the molecule is CC(CN)On1nnc2ccccc21. The highest BCUT2D eigenvalue weighted by Crippen LogP contribution is 2.08. The standard InChI is InChI=1S/C9H12N4O/c1-7(6-10)14-13-9-5-3-2-4-8(9)11-12-13/h2-5,7H,6,10H2,1H3. The van der Waals surface area contributed by atoms with Crippen molar-refractivity contribution in [3.05, 3.63) is 24.3 Å². The molecule has 0 aliphatic heterocycles. The van der Waals surface area contributed by atoms with Gasteiger partial charge in [0.05, 0.1) is 0 Å². The third-order valence-corrected chi connectivity index (χ3v) is 1.93. The second-order valence-electron chi connectivity index (χ2n) is 3.10. The largest absolute Gasteiger partial charge is 0.391 e. The molecule has 0 saturated carbocycles. The molecule has 2 rings (SSSR count). The number of benzene rings is 1. The molecule has 0 amide bonds. The first-order chi connectivity index (χ1) is 6.81. The number of aromatic nitrogens is 3. The molecule has 0 fully saturated rings. The van der Waals surface area contributed by atoms with Gasteiger partial charge in [0.1, 0.15) is 17.1 Å². The maximum atomic E-state index is 5.45. The number of para-hydroxylation sites is 1. The Morgan fingerprint density at radius 3 is 3.07 bits per heavy atom. The zero-order valence-corrected chi connectivity index (χ0v) is 7.92. The van der Waals surface area contributed by atoms with Crippen LogP contribution < -0.4 is 10.6 Å². The lowest BCUT2D eigenvalue weighted by molar-refractivity contribution is 0.0352. The van der Waals surface area contributed by atoms with Crippen molar-refractivity contribution in [3.8, 4) is 0 Å². The molecule has 74 valence electrons. The molecule has 5 nitrogen and oxygen atoms in total. The van der Waals surface area contributed by atoms with Gasteiger partial charge in [0.25, 0.3) is 0 Å². The normalized spacial score (nSPS) is 13.0. The van der Waals surface area contributed by atoms with Crippen molar-refractivity contribution in [2.24, 2.45) is 5.73 Å². The van der Waals surface area contributed by atoms with Gasteiger partial charge in [-0.3, -0.25) is 0 Å². The molecule has 1 heterocycles. The van der Waals surface area contributed by atoms with Crippen LogP contribution in [0.3, 0.4) is 0 Å². The molecule has 0 aliphatic carbocycles. The molecule has 2 aromatic rings. The van der Waals surface area contributed by atoms with E-state index in [1.807, 2.05) is 31.2 Å². The fourth-order valence-electron chi connectivity index (χ4n) is 1.14. The molecule has 5 heteroatoms. The first-order valence-corrected chi connectivity index (χ1v) is 4.49. The van der Waals surface area contributed by atoms with Gasteiger partial charge in [-0.05, 0) is 24.3 Å². The second kappa shape index (κ2) is 3.63. The third kappa shape index (κ3) is 1.54. The van der Waals surface area contributed by atoms with E-state index < -0.39 is 0 Å². The van der Waals surface area contributed by atoms with E-state index in [4.69, 9.17) is 10.6 Å². The van der Waals surface area contributed by atoms with Crippen molar-refractivity contribution >= 4 is 11.0 Å². The minimum absolute atomic E-state index is 0.0693. The first kappa shape index (κ1) is 8.96. The van der Waals surface area contributed by atoms with E-state index in [9.17, 15) is 0 Å². The molecule has 1 unspecified atom stereocenters. The summed E-state index contributed by atoms with van der Waals surface area (Å²) in [6, 6.07) is 7.61. The Kier molecular flexibility index (Phi) is 2.32. The van der Waals surface area contributed by atoms with E-state index in [0.29, 0.717) is 6.54 Å². The van der Waals surface area contributed by atoms with Crippen LogP contribution in [-0.2, 0) is 0 Å². The molecule has 0 spiro atoms. The van der Waals surface area contributed by atoms with E-state index in [1.54, 1.807) is 0 Å². The summed E-state index contributed by atoms with van der Waals surface area (Å²) in [5.41, 5.74) is 7.12. The van der Waals surface area contributed by atoms with Crippen LogP contribution in [0.15, 0.2) is 24.3 Å². The Bertz CT molecular complexity index is 425. The van der Waals surface area contributed by atoms with Gasteiger partial charge in [-0.25, -0.2) is 0 Å². The van der Waals surface area contributed by atoms with Crippen LogP contribution in [0.1, 0.15) is 6.92 Å². The minimum Gasteiger partial charge on any atom is -0.391 e. The van der Waals surface area contributed by atoms with E-state index in [2.05, 4.69) is 10.3 Å². The maximum Gasteiger partial charge on any atom is 0.136 e. The molecular formula is C9H12N4O. The lowest BCUT2D eigenvalue weighted by Gasteiger charge is -2.10. The zero-order valence-electron chi connectivity index (χ0n) is 7.92. The number of hydrogen-bond donors (Lipinski definition) is 1. The average molecular weight is 192 g/mol. The van der Waals surface area contributed by atoms with Crippen LogP contribution in [0.5, 0.6) is 0 Å². The van der Waals surface area contributed by atoms with Gasteiger partial charge in [0, 0.05) is 6.54 Å². The van der Waals surface area contributed by atoms with Crippen molar-refractivity contribution in [2.45, 2.75) is 13.0 Å². The number of fused-ring (bicyclic) bond motifs is 1. The highest BCUT2D eigenvalue weighted by Gasteiger charge is 2.06. The number of nitrogens with two attached hydrogens (primary N) is 1. The van der Waals surface area contributed by atoms with Crippen molar-refractivity contribution in [1.29, 1.82) is 0 Å². The Hall–Kier alpha value is -1.62. The average Bonchev–Trinajstić information content (AvgIpc) is 2.62. The van der Waals surface area contributed by atoms with E-state index in [0.717, 1.165) is 11.0 Å². The Balaban J connectivity index is 2.33. The summed E-state index contributed by atoms with van der Waals surface area (Å²) in [7, 11) is 0. The summed E-state index contributed by atoms with van der Waals surface area (Å²) in [4.78, 5) is 6.84. The molecular weight excluding hydrogens is 180 g/mol. The van der Waals surface area contributed by atoms with Crippen molar-refractivity contribution in [3.63, 3.8) is 0 Å². The summed E-state index contributed by atoms with van der Waals surface area (Å²) < 4.78 is 0. The lowest BCUT2D eigenvalue weighted by atomic mass is 10.3. The molecule has 2 N–H and O–H groups in total. The minimum atomic E-state index is -0.0693. The molecule has 1 aromatic carbocycles. The van der Waals surface area contributed by atoms with Gasteiger partial charge in [-0.1, -0.05) is 17.0 Å². The summed E-state index contributed by atoms with van der Waals surface area (Å²) >= 11 is 0.